The summed E-state index contributed by atoms with van der Waals surface area (Å²) in [6, 6.07) is -1.02. The van der Waals surface area contributed by atoms with E-state index in [1.807, 2.05) is 0 Å². The summed E-state index contributed by atoms with van der Waals surface area (Å²) in [5.74, 6) is -6.14. The molecule has 0 unspecified atom stereocenters. The maximum atomic E-state index is 11.9. The van der Waals surface area contributed by atoms with Crippen molar-refractivity contribution >= 4 is 29.8 Å². The van der Waals surface area contributed by atoms with Gasteiger partial charge < -0.3 is 31.3 Å². The third-order valence-electron chi connectivity index (χ3n) is 4.50. The summed E-state index contributed by atoms with van der Waals surface area (Å²) in [4.78, 5) is 59.6. The fourth-order valence-corrected chi connectivity index (χ4v) is 3.10. The van der Waals surface area contributed by atoms with Gasteiger partial charge in [-0.05, 0) is 19.4 Å². The van der Waals surface area contributed by atoms with Gasteiger partial charge in [0, 0.05) is 26.2 Å². The van der Waals surface area contributed by atoms with Crippen LogP contribution in [0.4, 0.5) is 0 Å². The Kier molecular flexibility index (Phi) is 14.5. The summed E-state index contributed by atoms with van der Waals surface area (Å²) in [7, 11) is 0. The van der Waals surface area contributed by atoms with Crippen LogP contribution in [0.3, 0.4) is 0 Å². The van der Waals surface area contributed by atoms with E-state index in [1.54, 1.807) is 0 Å². The van der Waals surface area contributed by atoms with Crippen LogP contribution >= 0.6 is 0 Å². The standard InChI is InChI=1S/C18H32N4O10/c19-4-2-1-3-13(18(31)32)22(7-5-20(9-14(23)24)10-15(25)26)8-6-21(11-16(27)28)12-17(29)30/h13H,1-12,19H2,(H,23,24)(H,25,26)(H,27,28)(H,29,30)(H,31,32)/t13-/m0/s1. The van der Waals surface area contributed by atoms with Crippen LogP contribution in [0.15, 0.2) is 0 Å². The highest BCUT2D eigenvalue weighted by Crippen LogP contribution is 2.11. The van der Waals surface area contributed by atoms with E-state index in [0.717, 1.165) is 9.80 Å². The van der Waals surface area contributed by atoms with Crippen molar-refractivity contribution in [3.05, 3.63) is 0 Å². The summed E-state index contributed by atoms with van der Waals surface area (Å²) >= 11 is 0. The number of rotatable bonds is 20. The smallest absolute Gasteiger partial charge is 0.320 e. The summed E-state index contributed by atoms with van der Waals surface area (Å²) in [6.45, 7) is -2.06. The van der Waals surface area contributed by atoms with E-state index < -0.39 is 62.1 Å². The molecule has 0 fully saturated rings. The zero-order chi connectivity index (χ0) is 24.7. The maximum absolute atomic E-state index is 11.9. The molecule has 14 nitrogen and oxygen atoms in total. The minimum Gasteiger partial charge on any atom is -0.480 e. The van der Waals surface area contributed by atoms with Gasteiger partial charge >= 0.3 is 29.8 Å². The molecule has 0 bridgehead atoms. The molecule has 0 amide bonds. The molecule has 0 radical (unpaired) electrons. The lowest BCUT2D eigenvalue weighted by atomic mass is 10.1. The van der Waals surface area contributed by atoms with Crippen molar-refractivity contribution in [2.45, 2.75) is 25.3 Å². The molecule has 0 aliphatic rings. The van der Waals surface area contributed by atoms with Gasteiger partial charge in [0.2, 0.25) is 0 Å². The lowest BCUT2D eigenvalue weighted by Crippen LogP contribution is -2.50. The Labute approximate surface area is 184 Å². The minimum absolute atomic E-state index is 0.0197. The number of aliphatic carboxylic acids is 5. The molecule has 0 saturated carbocycles. The molecule has 14 heteroatoms. The first-order valence-corrected chi connectivity index (χ1v) is 9.95. The number of nitrogens with two attached hydrogens (primary N) is 1. The molecule has 0 aromatic carbocycles. The highest BCUT2D eigenvalue weighted by atomic mass is 16.4. The van der Waals surface area contributed by atoms with Gasteiger partial charge in [0.15, 0.2) is 0 Å². The molecule has 1 atom stereocenters. The lowest BCUT2D eigenvalue weighted by Gasteiger charge is -2.32. The van der Waals surface area contributed by atoms with Crippen molar-refractivity contribution in [1.29, 1.82) is 0 Å². The maximum Gasteiger partial charge on any atom is 0.320 e. The second kappa shape index (κ2) is 15.9. The van der Waals surface area contributed by atoms with Gasteiger partial charge in [-0.3, -0.25) is 38.7 Å². The Balaban J connectivity index is 5.46. The number of unbranched alkanes of at least 4 members (excludes halogenated alkanes) is 1. The van der Waals surface area contributed by atoms with E-state index in [9.17, 15) is 29.1 Å². The fourth-order valence-electron chi connectivity index (χ4n) is 3.10. The fraction of sp³-hybridized carbons (Fsp3) is 0.722. The minimum atomic E-state index is -1.25. The molecule has 0 aromatic heterocycles. The molecule has 184 valence electrons. The van der Waals surface area contributed by atoms with Crippen LogP contribution in [0.1, 0.15) is 19.3 Å². The van der Waals surface area contributed by atoms with Crippen molar-refractivity contribution in [2.24, 2.45) is 5.73 Å². The summed E-state index contributed by atoms with van der Waals surface area (Å²) in [5, 5.41) is 45.6. The number of carbonyl (C=O) groups is 5. The molecule has 32 heavy (non-hydrogen) atoms. The molecule has 0 spiro atoms. The molecule has 0 saturated heterocycles. The third-order valence-corrected chi connectivity index (χ3v) is 4.50. The predicted molar refractivity (Wildman–Crippen MR) is 109 cm³/mol. The van der Waals surface area contributed by atoms with Gasteiger partial charge in [0.25, 0.3) is 0 Å². The first-order valence-electron chi connectivity index (χ1n) is 9.95. The molecule has 0 heterocycles. The number of nitrogens with zero attached hydrogens (tertiary/aromatic N) is 3. The molecule has 0 aliphatic carbocycles. The van der Waals surface area contributed by atoms with E-state index in [4.69, 9.17) is 26.2 Å². The van der Waals surface area contributed by atoms with Crippen LogP contribution in [0.5, 0.6) is 0 Å². The van der Waals surface area contributed by atoms with Crippen LogP contribution in [0, 0.1) is 0 Å². The lowest BCUT2D eigenvalue weighted by molar-refractivity contribution is -0.146. The van der Waals surface area contributed by atoms with Crippen LogP contribution in [-0.2, 0) is 24.0 Å². The average molecular weight is 464 g/mol. The third kappa shape index (κ3) is 14.2. The van der Waals surface area contributed by atoms with Crippen molar-refractivity contribution in [3.8, 4) is 0 Å². The molecule has 0 aromatic rings. The van der Waals surface area contributed by atoms with Crippen molar-refractivity contribution in [3.63, 3.8) is 0 Å². The van der Waals surface area contributed by atoms with Gasteiger partial charge in [-0.2, -0.15) is 0 Å². The van der Waals surface area contributed by atoms with E-state index >= 15 is 0 Å². The second-order valence-corrected chi connectivity index (χ2v) is 7.17. The first-order chi connectivity index (χ1) is 15.0. The number of carboxylic acids is 5. The van der Waals surface area contributed by atoms with E-state index in [2.05, 4.69) is 0 Å². The van der Waals surface area contributed by atoms with Crippen LogP contribution in [0.25, 0.3) is 0 Å². The highest BCUT2D eigenvalue weighted by molar-refractivity contribution is 5.74. The average Bonchev–Trinajstić information content (AvgIpc) is 2.63. The monoisotopic (exact) mass is 464 g/mol. The first kappa shape index (κ1) is 29.2. The Hall–Kier alpha value is -2.81. The van der Waals surface area contributed by atoms with Crippen molar-refractivity contribution in [2.75, 3.05) is 58.9 Å². The number of carboxylic acid groups (broad SMARTS) is 5. The number of hydrogen-bond acceptors (Lipinski definition) is 9. The van der Waals surface area contributed by atoms with Crippen molar-refractivity contribution < 1.29 is 49.5 Å². The van der Waals surface area contributed by atoms with E-state index in [1.165, 1.54) is 4.90 Å². The molecule has 0 aliphatic heterocycles. The van der Waals surface area contributed by atoms with E-state index in [-0.39, 0.29) is 32.6 Å². The van der Waals surface area contributed by atoms with Crippen LogP contribution in [-0.4, -0.2) is 135 Å². The molecular formula is C18H32N4O10. The highest BCUT2D eigenvalue weighted by Gasteiger charge is 2.27. The van der Waals surface area contributed by atoms with Crippen LogP contribution < -0.4 is 5.73 Å². The molecule has 7 N–H and O–H groups in total. The summed E-state index contributed by atoms with van der Waals surface area (Å²) in [6.07, 6.45) is 1.28. The van der Waals surface area contributed by atoms with Gasteiger partial charge in [0.05, 0.1) is 26.2 Å². The molecular weight excluding hydrogens is 432 g/mol. The quantitative estimate of drug-likeness (QED) is 0.105. The van der Waals surface area contributed by atoms with Crippen LogP contribution in [0.2, 0.25) is 0 Å². The molecule has 0 rings (SSSR count). The van der Waals surface area contributed by atoms with Gasteiger partial charge in [-0.25, -0.2) is 0 Å². The Bertz CT molecular complexity index is 573. The zero-order valence-corrected chi connectivity index (χ0v) is 17.8. The summed E-state index contributed by atoms with van der Waals surface area (Å²) < 4.78 is 0. The topological polar surface area (TPSA) is 222 Å². The Morgan fingerprint density at radius 2 is 1.00 bits per heavy atom. The van der Waals surface area contributed by atoms with Gasteiger partial charge in [-0.15, -0.1) is 0 Å². The number of hydrogen-bond donors (Lipinski definition) is 6. The normalized spacial score (nSPS) is 12.2. The second-order valence-electron chi connectivity index (χ2n) is 7.17. The summed E-state index contributed by atoms with van der Waals surface area (Å²) in [5.41, 5.74) is 5.45. The van der Waals surface area contributed by atoms with Gasteiger partial charge in [-0.1, -0.05) is 6.42 Å². The van der Waals surface area contributed by atoms with Crippen molar-refractivity contribution in [1.82, 2.24) is 14.7 Å². The predicted octanol–water partition coefficient (Wildman–Crippen LogP) is -2.19. The van der Waals surface area contributed by atoms with Gasteiger partial charge in [0.1, 0.15) is 6.04 Å². The van der Waals surface area contributed by atoms with E-state index in [0.29, 0.717) is 19.4 Å². The SMILES string of the molecule is NCCCC[C@@H](C(=O)O)N(CCN(CC(=O)O)CC(=O)O)CCN(CC(=O)O)CC(=O)O. The Morgan fingerprint density at radius 1 is 0.625 bits per heavy atom. The largest absolute Gasteiger partial charge is 0.480 e. The zero-order valence-electron chi connectivity index (χ0n) is 17.8. The Morgan fingerprint density at radius 3 is 1.28 bits per heavy atom.